The van der Waals surface area contributed by atoms with E-state index in [-0.39, 0.29) is 24.5 Å². The maximum atomic E-state index is 12.7. The fourth-order valence-corrected chi connectivity index (χ4v) is 4.02. The SMILES string of the molecule is CCOc1ccc(/C=C/C(=O)N2CCC(C(=O)Nc3ccc4c(c3)OCO4)CC2)cc1OCC. The van der Waals surface area contributed by atoms with Crippen molar-refractivity contribution in [1.29, 1.82) is 0 Å². The quantitative estimate of drug-likeness (QED) is 0.590. The molecule has 0 bridgehead atoms. The van der Waals surface area contributed by atoms with Gasteiger partial charge in [0.15, 0.2) is 23.0 Å². The van der Waals surface area contributed by atoms with Crippen molar-refractivity contribution in [3.63, 3.8) is 0 Å². The van der Waals surface area contributed by atoms with E-state index in [0.717, 1.165) is 5.56 Å². The molecular weight excluding hydrogens is 436 g/mol. The summed E-state index contributed by atoms with van der Waals surface area (Å²) in [5.41, 5.74) is 1.54. The van der Waals surface area contributed by atoms with Gasteiger partial charge >= 0.3 is 0 Å². The molecule has 2 aromatic rings. The normalized spacial score (nSPS) is 15.4. The Morgan fingerprint density at radius 3 is 2.50 bits per heavy atom. The summed E-state index contributed by atoms with van der Waals surface area (Å²) in [6.07, 6.45) is 4.58. The van der Waals surface area contributed by atoms with E-state index in [2.05, 4.69) is 5.32 Å². The predicted molar refractivity (Wildman–Crippen MR) is 128 cm³/mol. The van der Waals surface area contributed by atoms with Gasteiger partial charge in [0.25, 0.3) is 0 Å². The first-order valence-electron chi connectivity index (χ1n) is 11.6. The molecule has 2 aliphatic rings. The van der Waals surface area contributed by atoms with Crippen LogP contribution in [0, 0.1) is 5.92 Å². The lowest BCUT2D eigenvalue weighted by Crippen LogP contribution is -2.40. The van der Waals surface area contributed by atoms with Gasteiger partial charge in [-0.05, 0) is 62.6 Å². The third kappa shape index (κ3) is 5.62. The third-order valence-corrected chi connectivity index (χ3v) is 5.80. The molecule has 2 aromatic carbocycles. The molecule has 0 radical (unpaired) electrons. The summed E-state index contributed by atoms with van der Waals surface area (Å²) >= 11 is 0. The smallest absolute Gasteiger partial charge is 0.246 e. The first kappa shape index (κ1) is 23.5. The van der Waals surface area contributed by atoms with Gasteiger partial charge in [0, 0.05) is 36.8 Å². The maximum absolute atomic E-state index is 12.7. The summed E-state index contributed by atoms with van der Waals surface area (Å²) in [6, 6.07) is 11.0. The average Bonchev–Trinajstić information content (AvgIpc) is 3.32. The number of anilines is 1. The summed E-state index contributed by atoms with van der Waals surface area (Å²) in [6.45, 7) is 6.20. The van der Waals surface area contributed by atoms with E-state index >= 15 is 0 Å². The fraction of sp³-hybridized carbons (Fsp3) is 0.385. The van der Waals surface area contributed by atoms with Crippen molar-refractivity contribution in [2.75, 3.05) is 38.4 Å². The summed E-state index contributed by atoms with van der Waals surface area (Å²) in [5, 5.41) is 2.95. The number of hydrogen-bond donors (Lipinski definition) is 1. The highest BCUT2D eigenvalue weighted by Crippen LogP contribution is 2.34. The van der Waals surface area contributed by atoms with Gasteiger partial charge in [0.05, 0.1) is 13.2 Å². The van der Waals surface area contributed by atoms with Gasteiger partial charge in [0.1, 0.15) is 0 Å². The summed E-state index contributed by atoms with van der Waals surface area (Å²) < 4.78 is 21.9. The number of amides is 2. The number of fused-ring (bicyclic) bond motifs is 1. The van der Waals surface area contributed by atoms with Crippen LogP contribution in [0.3, 0.4) is 0 Å². The number of likely N-dealkylation sites (tertiary alicyclic amines) is 1. The molecule has 2 aliphatic heterocycles. The first-order valence-corrected chi connectivity index (χ1v) is 11.6. The predicted octanol–water partition coefficient (Wildman–Crippen LogP) is 4.10. The van der Waals surface area contributed by atoms with Gasteiger partial charge in [-0.1, -0.05) is 6.07 Å². The van der Waals surface area contributed by atoms with Crippen molar-refractivity contribution in [1.82, 2.24) is 4.90 Å². The van der Waals surface area contributed by atoms with E-state index in [4.69, 9.17) is 18.9 Å². The molecule has 8 heteroatoms. The topological polar surface area (TPSA) is 86.3 Å². The number of carbonyl (C=O) groups excluding carboxylic acids is 2. The van der Waals surface area contributed by atoms with Crippen LogP contribution < -0.4 is 24.3 Å². The summed E-state index contributed by atoms with van der Waals surface area (Å²) in [7, 11) is 0. The van der Waals surface area contributed by atoms with Crippen molar-refractivity contribution in [3.8, 4) is 23.0 Å². The van der Waals surface area contributed by atoms with Crippen molar-refractivity contribution in [3.05, 3.63) is 48.0 Å². The number of nitrogens with zero attached hydrogens (tertiary/aromatic N) is 1. The molecule has 0 aliphatic carbocycles. The second-order valence-electron chi connectivity index (χ2n) is 8.06. The highest BCUT2D eigenvalue weighted by molar-refractivity contribution is 5.94. The standard InChI is InChI=1S/C26H30N2O6/c1-3-31-21-8-5-18(15-23(21)32-4-2)6-10-25(29)28-13-11-19(12-14-28)26(30)27-20-7-9-22-24(16-20)34-17-33-22/h5-10,15-16,19H,3-4,11-14,17H2,1-2H3,(H,27,30)/b10-6+. The zero-order valence-corrected chi connectivity index (χ0v) is 19.5. The van der Waals surface area contributed by atoms with Gasteiger partial charge in [-0.3, -0.25) is 9.59 Å². The molecule has 1 N–H and O–H groups in total. The molecule has 4 rings (SSSR count). The van der Waals surface area contributed by atoms with Crippen LogP contribution in [0.5, 0.6) is 23.0 Å². The number of benzene rings is 2. The molecular formula is C26H30N2O6. The molecule has 0 unspecified atom stereocenters. The lowest BCUT2D eigenvalue weighted by Gasteiger charge is -2.30. The third-order valence-electron chi connectivity index (χ3n) is 5.80. The second kappa shape index (κ2) is 11.0. The largest absolute Gasteiger partial charge is 0.490 e. The van der Waals surface area contributed by atoms with Crippen molar-refractivity contribution in [2.24, 2.45) is 5.92 Å². The fourth-order valence-electron chi connectivity index (χ4n) is 4.02. The van der Waals surface area contributed by atoms with Crippen LogP contribution in [-0.4, -0.2) is 49.8 Å². The van der Waals surface area contributed by atoms with Crippen LogP contribution in [0.15, 0.2) is 42.5 Å². The Labute approximate surface area is 199 Å². The molecule has 2 heterocycles. The van der Waals surface area contributed by atoms with Crippen LogP contribution in [-0.2, 0) is 9.59 Å². The Hall–Kier alpha value is -3.68. The molecule has 0 aromatic heterocycles. The number of hydrogen-bond acceptors (Lipinski definition) is 6. The number of carbonyl (C=O) groups is 2. The number of rotatable bonds is 8. The van der Waals surface area contributed by atoms with E-state index in [0.29, 0.717) is 67.8 Å². The van der Waals surface area contributed by atoms with Gasteiger partial charge in [0.2, 0.25) is 18.6 Å². The maximum Gasteiger partial charge on any atom is 0.246 e. The van der Waals surface area contributed by atoms with Crippen LogP contribution >= 0.6 is 0 Å². The molecule has 34 heavy (non-hydrogen) atoms. The van der Waals surface area contributed by atoms with E-state index in [1.165, 1.54) is 0 Å². The summed E-state index contributed by atoms with van der Waals surface area (Å²) in [5.74, 6) is 2.41. The van der Waals surface area contributed by atoms with Crippen LogP contribution in [0.25, 0.3) is 6.08 Å². The molecule has 180 valence electrons. The minimum absolute atomic E-state index is 0.0423. The number of piperidine rings is 1. The monoisotopic (exact) mass is 466 g/mol. The molecule has 0 spiro atoms. The second-order valence-corrected chi connectivity index (χ2v) is 8.06. The lowest BCUT2D eigenvalue weighted by molar-refractivity contribution is -0.130. The van der Waals surface area contributed by atoms with Gasteiger partial charge < -0.3 is 29.2 Å². The molecule has 0 atom stereocenters. The van der Waals surface area contributed by atoms with Gasteiger partial charge in [-0.25, -0.2) is 0 Å². The molecule has 0 saturated carbocycles. The Kier molecular flexibility index (Phi) is 7.57. The molecule has 1 fully saturated rings. The number of ether oxygens (including phenoxy) is 4. The van der Waals surface area contributed by atoms with Crippen molar-refractivity contribution in [2.45, 2.75) is 26.7 Å². The zero-order chi connectivity index (χ0) is 23.9. The Balaban J connectivity index is 1.29. The molecule has 1 saturated heterocycles. The van der Waals surface area contributed by atoms with E-state index < -0.39 is 0 Å². The first-order chi connectivity index (χ1) is 16.6. The highest BCUT2D eigenvalue weighted by atomic mass is 16.7. The Bertz CT molecular complexity index is 1060. The van der Waals surface area contributed by atoms with Crippen molar-refractivity contribution < 1.29 is 28.5 Å². The zero-order valence-electron chi connectivity index (χ0n) is 19.5. The van der Waals surface area contributed by atoms with Crippen LogP contribution in [0.1, 0.15) is 32.3 Å². The molecule has 2 amide bonds. The minimum atomic E-state index is -0.140. The Morgan fingerprint density at radius 2 is 1.74 bits per heavy atom. The van der Waals surface area contributed by atoms with E-state index in [9.17, 15) is 9.59 Å². The highest BCUT2D eigenvalue weighted by Gasteiger charge is 2.27. The minimum Gasteiger partial charge on any atom is -0.490 e. The number of nitrogens with one attached hydrogen (secondary N) is 1. The lowest BCUT2D eigenvalue weighted by atomic mass is 9.95. The van der Waals surface area contributed by atoms with E-state index in [1.54, 1.807) is 35.3 Å². The van der Waals surface area contributed by atoms with Crippen LogP contribution in [0.2, 0.25) is 0 Å². The Morgan fingerprint density at radius 1 is 1.00 bits per heavy atom. The van der Waals surface area contributed by atoms with Gasteiger partial charge in [-0.15, -0.1) is 0 Å². The van der Waals surface area contributed by atoms with Crippen LogP contribution in [0.4, 0.5) is 5.69 Å². The molecule has 8 nitrogen and oxygen atoms in total. The van der Waals surface area contributed by atoms with E-state index in [1.807, 2.05) is 32.0 Å². The van der Waals surface area contributed by atoms with Gasteiger partial charge in [-0.2, -0.15) is 0 Å². The average molecular weight is 467 g/mol. The summed E-state index contributed by atoms with van der Waals surface area (Å²) in [4.78, 5) is 27.2. The van der Waals surface area contributed by atoms with Crippen molar-refractivity contribution >= 4 is 23.6 Å².